The Morgan fingerprint density at radius 2 is 1.97 bits per heavy atom. The third kappa shape index (κ3) is 4.18. The van der Waals surface area contributed by atoms with Crippen LogP contribution in [0.2, 0.25) is 0 Å². The molecule has 182 valence electrons. The van der Waals surface area contributed by atoms with E-state index in [2.05, 4.69) is 50.8 Å². The van der Waals surface area contributed by atoms with E-state index < -0.39 is 11.9 Å². The molecule has 2 unspecified atom stereocenters. The third-order valence-corrected chi connectivity index (χ3v) is 8.28. The van der Waals surface area contributed by atoms with Crippen molar-refractivity contribution in [2.75, 3.05) is 37.6 Å². The Labute approximate surface area is 204 Å². The lowest BCUT2D eigenvalue weighted by Crippen LogP contribution is -2.50. The minimum Gasteiger partial charge on any atom is -0.349 e. The number of thiophene rings is 1. The maximum Gasteiger partial charge on any atom is 0.435 e. The lowest BCUT2D eigenvalue weighted by atomic mass is 9.98. The number of likely N-dealkylation sites (tertiary alicyclic amines) is 1. The van der Waals surface area contributed by atoms with Crippen molar-refractivity contribution < 1.29 is 18.0 Å². The number of amides is 1. The van der Waals surface area contributed by atoms with E-state index in [-0.39, 0.29) is 18.0 Å². The van der Waals surface area contributed by atoms with Crippen LogP contribution >= 0.6 is 11.3 Å². The molecule has 2 saturated heterocycles. The zero-order valence-electron chi connectivity index (χ0n) is 18.9. The van der Waals surface area contributed by atoms with Crippen LogP contribution in [0.15, 0.2) is 47.9 Å². The van der Waals surface area contributed by atoms with Gasteiger partial charge < -0.3 is 9.80 Å². The standard InChI is InChI=1S/C25H24F3N5OS/c26-25(27,28)21-4-5-22(30-29-21)33-14-18-12-19(33)13-32(18)15-23(34)31-9-6-16(7-10-31)20-3-1-2-17-8-11-35-24(17)20/h1-6,8,11,18-19H,7,9-10,12-15H2. The predicted molar refractivity (Wildman–Crippen MR) is 129 cm³/mol. The molecule has 2 atom stereocenters. The molecule has 0 aliphatic carbocycles. The van der Waals surface area contributed by atoms with Crippen LogP contribution in [0.5, 0.6) is 0 Å². The molecule has 0 radical (unpaired) electrons. The van der Waals surface area contributed by atoms with Crippen molar-refractivity contribution in [1.29, 1.82) is 0 Å². The quantitative estimate of drug-likeness (QED) is 0.536. The van der Waals surface area contributed by atoms with E-state index in [1.54, 1.807) is 11.3 Å². The number of rotatable bonds is 4. The minimum absolute atomic E-state index is 0.128. The van der Waals surface area contributed by atoms with E-state index in [1.165, 1.54) is 27.3 Å². The van der Waals surface area contributed by atoms with E-state index in [9.17, 15) is 18.0 Å². The molecule has 3 aromatic rings. The zero-order chi connectivity index (χ0) is 24.2. The molecule has 0 N–H and O–H groups in total. The number of piperazine rings is 1. The molecule has 1 amide bonds. The molecule has 3 aliphatic heterocycles. The van der Waals surface area contributed by atoms with Crippen molar-refractivity contribution in [2.45, 2.75) is 31.1 Å². The second-order valence-electron chi connectivity index (χ2n) is 9.36. The summed E-state index contributed by atoms with van der Waals surface area (Å²) in [5, 5.41) is 10.5. The molecule has 1 aromatic carbocycles. The van der Waals surface area contributed by atoms with E-state index in [0.717, 1.165) is 18.9 Å². The van der Waals surface area contributed by atoms with Gasteiger partial charge in [-0.3, -0.25) is 9.69 Å². The van der Waals surface area contributed by atoms with E-state index in [4.69, 9.17) is 0 Å². The number of benzene rings is 1. The number of anilines is 1. The molecule has 2 bridgehead atoms. The molecule has 3 aliphatic rings. The van der Waals surface area contributed by atoms with Crippen LogP contribution in [0.4, 0.5) is 19.0 Å². The van der Waals surface area contributed by atoms with Gasteiger partial charge in [0.05, 0.1) is 6.54 Å². The third-order valence-electron chi connectivity index (χ3n) is 7.31. The maximum atomic E-state index is 13.0. The average molecular weight is 500 g/mol. The fourth-order valence-corrected chi connectivity index (χ4v) is 6.46. The molecule has 5 heterocycles. The minimum atomic E-state index is -4.49. The maximum absolute atomic E-state index is 13.0. The molecule has 2 aromatic heterocycles. The first kappa shape index (κ1) is 22.5. The summed E-state index contributed by atoms with van der Waals surface area (Å²) in [6.07, 6.45) is -0.592. The summed E-state index contributed by atoms with van der Waals surface area (Å²) in [6.45, 7) is 3.05. The molecule has 2 fully saturated rings. The van der Waals surface area contributed by atoms with Crippen LogP contribution in [-0.2, 0) is 11.0 Å². The van der Waals surface area contributed by atoms with E-state index >= 15 is 0 Å². The highest BCUT2D eigenvalue weighted by Gasteiger charge is 2.45. The first-order valence-corrected chi connectivity index (χ1v) is 12.6. The highest BCUT2D eigenvalue weighted by Crippen LogP contribution is 2.35. The van der Waals surface area contributed by atoms with Crippen molar-refractivity contribution in [3.05, 3.63) is 59.1 Å². The van der Waals surface area contributed by atoms with Gasteiger partial charge in [-0.25, -0.2) is 0 Å². The van der Waals surface area contributed by atoms with Gasteiger partial charge in [0.15, 0.2) is 11.5 Å². The topological polar surface area (TPSA) is 52.6 Å². The second kappa shape index (κ2) is 8.60. The van der Waals surface area contributed by atoms with Crippen LogP contribution < -0.4 is 4.90 Å². The van der Waals surface area contributed by atoms with Crippen LogP contribution in [0.1, 0.15) is 24.1 Å². The normalized spacial score (nSPS) is 22.8. The molecule has 6 rings (SSSR count). The number of carbonyl (C=O) groups is 1. The number of nitrogens with zero attached hydrogens (tertiary/aromatic N) is 5. The molecule has 0 saturated carbocycles. The van der Waals surface area contributed by atoms with Gasteiger partial charge in [0, 0.05) is 43.0 Å². The van der Waals surface area contributed by atoms with Crippen LogP contribution in [0.3, 0.4) is 0 Å². The van der Waals surface area contributed by atoms with Gasteiger partial charge in [0.1, 0.15) is 0 Å². The Balaban J connectivity index is 1.06. The van der Waals surface area contributed by atoms with Crippen LogP contribution in [0.25, 0.3) is 15.7 Å². The van der Waals surface area contributed by atoms with Crippen molar-refractivity contribution in [3.8, 4) is 0 Å². The molecule has 6 nitrogen and oxygen atoms in total. The first-order valence-electron chi connectivity index (χ1n) is 11.7. The highest BCUT2D eigenvalue weighted by atomic mass is 32.1. The van der Waals surface area contributed by atoms with E-state index in [0.29, 0.717) is 38.5 Å². The van der Waals surface area contributed by atoms with Gasteiger partial charge in [-0.15, -0.1) is 21.5 Å². The van der Waals surface area contributed by atoms with Gasteiger partial charge >= 0.3 is 6.18 Å². The fraction of sp³-hybridized carbons (Fsp3) is 0.400. The number of alkyl halides is 3. The Bertz CT molecular complexity index is 1290. The lowest BCUT2D eigenvalue weighted by molar-refractivity contribution is -0.141. The summed E-state index contributed by atoms with van der Waals surface area (Å²) >= 11 is 1.75. The number of fused-ring (bicyclic) bond motifs is 3. The van der Waals surface area contributed by atoms with Gasteiger partial charge in [0.25, 0.3) is 0 Å². The summed E-state index contributed by atoms with van der Waals surface area (Å²) in [5.74, 6) is 0.592. The van der Waals surface area contributed by atoms with Gasteiger partial charge in [-0.05, 0) is 52.9 Å². The molecular formula is C25H24F3N5OS. The highest BCUT2D eigenvalue weighted by molar-refractivity contribution is 7.17. The van der Waals surface area contributed by atoms with Crippen LogP contribution in [0, 0.1) is 0 Å². The van der Waals surface area contributed by atoms with Crippen molar-refractivity contribution in [3.63, 3.8) is 0 Å². The average Bonchev–Trinajstić information content (AvgIpc) is 3.59. The summed E-state index contributed by atoms with van der Waals surface area (Å²) in [6, 6.07) is 11.2. The zero-order valence-corrected chi connectivity index (χ0v) is 19.7. The largest absolute Gasteiger partial charge is 0.435 e. The van der Waals surface area contributed by atoms with Gasteiger partial charge in [-0.1, -0.05) is 24.3 Å². The summed E-state index contributed by atoms with van der Waals surface area (Å²) < 4.78 is 39.6. The SMILES string of the molecule is O=C(CN1CC2CC1CN2c1ccc(C(F)(F)F)nn1)N1CC=C(c2cccc3ccsc23)CC1. The summed E-state index contributed by atoms with van der Waals surface area (Å²) in [4.78, 5) is 19.2. The number of hydrogen-bond acceptors (Lipinski definition) is 6. The number of hydrogen-bond donors (Lipinski definition) is 0. The van der Waals surface area contributed by atoms with Gasteiger partial charge in [0.2, 0.25) is 5.91 Å². The molecule has 10 heteroatoms. The Kier molecular flexibility index (Phi) is 5.52. The molecular weight excluding hydrogens is 475 g/mol. The Hall–Kier alpha value is -2.98. The number of halogens is 3. The van der Waals surface area contributed by atoms with Crippen molar-refractivity contribution in [1.82, 2.24) is 20.0 Å². The van der Waals surface area contributed by atoms with Crippen molar-refractivity contribution in [2.24, 2.45) is 0 Å². The Morgan fingerprint density at radius 3 is 2.66 bits per heavy atom. The lowest BCUT2D eigenvalue weighted by Gasteiger charge is -2.35. The fourth-order valence-electron chi connectivity index (χ4n) is 5.51. The smallest absolute Gasteiger partial charge is 0.349 e. The summed E-state index contributed by atoms with van der Waals surface area (Å²) in [5.41, 5.74) is 1.59. The monoisotopic (exact) mass is 499 g/mol. The summed E-state index contributed by atoms with van der Waals surface area (Å²) in [7, 11) is 0. The van der Waals surface area contributed by atoms with E-state index in [1.807, 2.05) is 9.80 Å². The number of aromatic nitrogens is 2. The number of carbonyl (C=O) groups excluding carboxylic acids is 1. The Morgan fingerprint density at radius 1 is 1.09 bits per heavy atom. The second-order valence-corrected chi connectivity index (χ2v) is 10.3. The predicted octanol–water partition coefficient (Wildman–Crippen LogP) is 4.29. The van der Waals surface area contributed by atoms with Gasteiger partial charge in [-0.2, -0.15) is 13.2 Å². The van der Waals surface area contributed by atoms with Crippen molar-refractivity contribution >= 4 is 38.7 Å². The first-order chi connectivity index (χ1) is 16.9. The van der Waals surface area contributed by atoms with Crippen LogP contribution in [-0.4, -0.2) is 70.7 Å². The molecule has 0 spiro atoms. The molecule has 35 heavy (non-hydrogen) atoms.